The molecule has 4 nitrogen and oxygen atoms in total. The van der Waals surface area contributed by atoms with Gasteiger partial charge in [-0.25, -0.2) is 9.97 Å². The Kier molecular flexibility index (Phi) is 2.31. The van der Waals surface area contributed by atoms with Crippen molar-refractivity contribution in [3.63, 3.8) is 0 Å². The van der Waals surface area contributed by atoms with Crippen LogP contribution in [0.25, 0.3) is 0 Å². The third-order valence-electron chi connectivity index (χ3n) is 4.83. The summed E-state index contributed by atoms with van der Waals surface area (Å²) in [5.74, 6) is 3.01. The van der Waals surface area contributed by atoms with Gasteiger partial charge >= 0.3 is 0 Å². The minimum Gasteiger partial charge on any atom is -0.335 e. The first-order chi connectivity index (χ1) is 9.70. The van der Waals surface area contributed by atoms with Crippen LogP contribution in [-0.2, 0) is 0 Å². The molecule has 0 spiro atoms. The first-order valence-corrected chi connectivity index (χ1v) is 7.12. The molecule has 0 N–H and O–H groups in total. The zero-order valence-electron chi connectivity index (χ0n) is 12.0. The van der Waals surface area contributed by atoms with Crippen LogP contribution in [0.15, 0.2) is 36.7 Å². The second-order valence-corrected chi connectivity index (χ2v) is 5.80. The highest BCUT2D eigenvalue weighted by atomic mass is 15.5. The van der Waals surface area contributed by atoms with Crippen LogP contribution in [0.3, 0.4) is 0 Å². The summed E-state index contributed by atoms with van der Waals surface area (Å²) in [5, 5.41) is 0. The number of para-hydroxylation sites is 1. The van der Waals surface area contributed by atoms with Crippen molar-refractivity contribution in [1.82, 2.24) is 9.97 Å². The second kappa shape index (κ2) is 3.95. The first-order valence-electron chi connectivity index (χ1n) is 7.12. The maximum absolute atomic E-state index is 4.57. The summed E-state index contributed by atoms with van der Waals surface area (Å²) >= 11 is 0. The van der Waals surface area contributed by atoms with E-state index < -0.39 is 0 Å². The molecule has 0 radical (unpaired) electrons. The van der Waals surface area contributed by atoms with E-state index in [2.05, 4.69) is 64.9 Å². The summed E-state index contributed by atoms with van der Waals surface area (Å²) in [7, 11) is 2.12. The van der Waals surface area contributed by atoms with Gasteiger partial charge < -0.3 is 9.80 Å². The first kappa shape index (κ1) is 11.7. The third-order valence-corrected chi connectivity index (χ3v) is 4.83. The average molecular weight is 266 g/mol. The van der Waals surface area contributed by atoms with E-state index in [-0.39, 0.29) is 0 Å². The number of rotatable bonds is 0. The highest BCUT2D eigenvalue weighted by molar-refractivity contribution is 5.80. The van der Waals surface area contributed by atoms with Crippen molar-refractivity contribution in [1.29, 1.82) is 0 Å². The largest absolute Gasteiger partial charge is 0.335 e. The normalized spacial score (nSPS) is 27.1. The monoisotopic (exact) mass is 266 g/mol. The van der Waals surface area contributed by atoms with Gasteiger partial charge in [0.15, 0.2) is 11.6 Å². The fourth-order valence-electron chi connectivity index (χ4n) is 3.64. The van der Waals surface area contributed by atoms with Crippen molar-refractivity contribution >= 4 is 17.3 Å². The fraction of sp³-hybridized carbons (Fsp3) is 0.375. The number of nitrogens with zero attached hydrogens (tertiary/aromatic N) is 4. The highest BCUT2D eigenvalue weighted by Crippen LogP contribution is 2.51. The van der Waals surface area contributed by atoms with E-state index in [1.165, 1.54) is 11.3 Å². The molecule has 4 heteroatoms. The molecule has 2 aromatic rings. The molecule has 0 aliphatic carbocycles. The smallest absolute Gasteiger partial charge is 0.178 e. The minimum absolute atomic E-state index is 0.303. The van der Waals surface area contributed by atoms with Gasteiger partial charge in [-0.15, -0.1) is 0 Å². The van der Waals surface area contributed by atoms with Crippen molar-refractivity contribution < 1.29 is 0 Å². The Bertz CT molecular complexity index is 669. The maximum Gasteiger partial charge on any atom is 0.178 e. The average Bonchev–Trinajstić information content (AvgIpc) is 2.79. The SMILES string of the molecule is CC1c2ccccc2N2c3nccnc3N(C)C2C1C. The van der Waals surface area contributed by atoms with E-state index in [1.807, 2.05) is 0 Å². The minimum atomic E-state index is 0.303. The zero-order chi connectivity index (χ0) is 13.9. The summed E-state index contributed by atoms with van der Waals surface area (Å²) in [4.78, 5) is 13.7. The van der Waals surface area contributed by atoms with Gasteiger partial charge in [-0.1, -0.05) is 32.0 Å². The Labute approximate surface area is 119 Å². The quantitative estimate of drug-likeness (QED) is 0.733. The van der Waals surface area contributed by atoms with Gasteiger partial charge in [0.25, 0.3) is 0 Å². The Balaban J connectivity index is 1.98. The van der Waals surface area contributed by atoms with Crippen molar-refractivity contribution in [3.05, 3.63) is 42.2 Å². The topological polar surface area (TPSA) is 32.3 Å². The zero-order valence-corrected chi connectivity index (χ0v) is 12.0. The van der Waals surface area contributed by atoms with E-state index in [0.717, 1.165) is 11.6 Å². The molecule has 0 fully saturated rings. The van der Waals surface area contributed by atoms with Crippen LogP contribution >= 0.6 is 0 Å². The van der Waals surface area contributed by atoms with Gasteiger partial charge in [0.2, 0.25) is 0 Å². The second-order valence-electron chi connectivity index (χ2n) is 5.80. The van der Waals surface area contributed by atoms with Crippen LogP contribution < -0.4 is 9.80 Å². The number of hydrogen-bond donors (Lipinski definition) is 0. The lowest BCUT2D eigenvalue weighted by molar-refractivity contribution is 0.378. The molecule has 2 aliphatic heterocycles. The van der Waals surface area contributed by atoms with E-state index in [1.54, 1.807) is 12.4 Å². The Morgan fingerprint density at radius 1 is 1.00 bits per heavy atom. The van der Waals surface area contributed by atoms with Crippen LogP contribution in [0.2, 0.25) is 0 Å². The summed E-state index contributed by atoms with van der Waals surface area (Å²) in [5.41, 5.74) is 2.68. The van der Waals surface area contributed by atoms with Crippen LogP contribution in [-0.4, -0.2) is 23.2 Å². The number of hydrogen-bond acceptors (Lipinski definition) is 4. The van der Waals surface area contributed by atoms with E-state index in [0.29, 0.717) is 18.0 Å². The molecule has 3 heterocycles. The van der Waals surface area contributed by atoms with Crippen molar-refractivity contribution in [2.45, 2.75) is 25.9 Å². The van der Waals surface area contributed by atoms with Crippen molar-refractivity contribution in [2.75, 3.05) is 16.8 Å². The van der Waals surface area contributed by atoms with Crippen molar-refractivity contribution in [2.24, 2.45) is 5.92 Å². The lowest BCUT2D eigenvalue weighted by atomic mass is 9.81. The molecular weight excluding hydrogens is 248 g/mol. The van der Waals surface area contributed by atoms with Gasteiger partial charge in [0, 0.05) is 31.0 Å². The van der Waals surface area contributed by atoms with Crippen LogP contribution in [0.4, 0.5) is 17.3 Å². The molecule has 0 bridgehead atoms. The van der Waals surface area contributed by atoms with Gasteiger partial charge in [0.1, 0.15) is 6.17 Å². The standard InChI is InChI=1S/C16H18N4/c1-10-11(2)16-19(3)14-15(18-9-8-17-14)20(16)13-7-5-4-6-12(10)13/h4-11,16H,1-3H3. The molecule has 0 saturated carbocycles. The lowest BCUT2D eigenvalue weighted by Crippen LogP contribution is -2.48. The Morgan fingerprint density at radius 2 is 1.70 bits per heavy atom. The summed E-state index contributed by atoms with van der Waals surface area (Å²) in [6.45, 7) is 4.64. The summed E-state index contributed by atoms with van der Waals surface area (Å²) < 4.78 is 0. The molecular formula is C16H18N4. The van der Waals surface area contributed by atoms with Gasteiger partial charge in [0.05, 0.1) is 0 Å². The molecule has 3 atom stereocenters. The molecule has 0 amide bonds. The van der Waals surface area contributed by atoms with Gasteiger partial charge in [-0.05, 0) is 17.5 Å². The van der Waals surface area contributed by atoms with Crippen LogP contribution in [0.1, 0.15) is 25.3 Å². The predicted octanol–water partition coefficient (Wildman–Crippen LogP) is 3.14. The molecule has 1 aromatic carbocycles. The van der Waals surface area contributed by atoms with E-state index in [9.17, 15) is 0 Å². The van der Waals surface area contributed by atoms with Crippen molar-refractivity contribution in [3.8, 4) is 0 Å². The third kappa shape index (κ3) is 1.31. The van der Waals surface area contributed by atoms with E-state index in [4.69, 9.17) is 0 Å². The Morgan fingerprint density at radius 3 is 2.50 bits per heavy atom. The fourth-order valence-corrected chi connectivity index (χ4v) is 3.64. The molecule has 3 unspecified atom stereocenters. The molecule has 20 heavy (non-hydrogen) atoms. The molecule has 4 rings (SSSR count). The van der Waals surface area contributed by atoms with Gasteiger partial charge in [-0.3, -0.25) is 0 Å². The van der Waals surface area contributed by atoms with Gasteiger partial charge in [-0.2, -0.15) is 0 Å². The van der Waals surface area contributed by atoms with Crippen LogP contribution in [0.5, 0.6) is 0 Å². The number of aromatic nitrogens is 2. The summed E-state index contributed by atoms with van der Waals surface area (Å²) in [6.07, 6.45) is 3.85. The Hall–Kier alpha value is -2.10. The van der Waals surface area contributed by atoms with E-state index >= 15 is 0 Å². The molecule has 0 saturated heterocycles. The lowest BCUT2D eigenvalue weighted by Gasteiger charge is -2.43. The molecule has 102 valence electrons. The number of benzene rings is 1. The van der Waals surface area contributed by atoms with Crippen LogP contribution in [0, 0.1) is 5.92 Å². The highest BCUT2D eigenvalue weighted by Gasteiger charge is 2.46. The molecule has 1 aromatic heterocycles. The number of fused-ring (bicyclic) bond motifs is 5. The predicted molar refractivity (Wildman–Crippen MR) is 80.4 cm³/mol. The number of anilines is 3. The molecule has 2 aliphatic rings. The maximum atomic E-state index is 4.57. The summed E-state index contributed by atoms with van der Waals surface area (Å²) in [6, 6.07) is 8.66.